The number of carbonyl (C=O) groups is 1. The van der Waals surface area contributed by atoms with Crippen molar-refractivity contribution in [3.8, 4) is 0 Å². The molecule has 0 radical (unpaired) electrons. The van der Waals surface area contributed by atoms with Gasteiger partial charge in [0.2, 0.25) is 0 Å². The maximum atomic E-state index is 12.7. The van der Waals surface area contributed by atoms with Crippen LogP contribution in [0.5, 0.6) is 0 Å². The largest absolute Gasteiger partial charge is 0.383 e. The molecule has 0 saturated carbocycles. The van der Waals surface area contributed by atoms with E-state index in [2.05, 4.69) is 10.4 Å². The van der Waals surface area contributed by atoms with E-state index in [4.69, 9.17) is 15.2 Å². The Morgan fingerprint density at radius 2 is 2.20 bits per heavy atom. The van der Waals surface area contributed by atoms with E-state index in [1.54, 1.807) is 18.7 Å². The van der Waals surface area contributed by atoms with Crippen LogP contribution in [0.3, 0.4) is 0 Å². The van der Waals surface area contributed by atoms with Gasteiger partial charge in [-0.05, 0) is 18.9 Å². The number of benzene rings is 1. The van der Waals surface area contributed by atoms with E-state index in [-0.39, 0.29) is 18.1 Å². The number of ether oxygens (including phenoxy) is 2. The third kappa shape index (κ3) is 3.83. The minimum atomic E-state index is -0.244. The van der Waals surface area contributed by atoms with Gasteiger partial charge in [0, 0.05) is 13.7 Å². The summed E-state index contributed by atoms with van der Waals surface area (Å²) >= 11 is 0. The van der Waals surface area contributed by atoms with Gasteiger partial charge in [0.15, 0.2) is 0 Å². The van der Waals surface area contributed by atoms with Gasteiger partial charge in [-0.25, -0.2) is 4.68 Å². The molecule has 1 fully saturated rings. The van der Waals surface area contributed by atoms with Crippen LogP contribution in [0.1, 0.15) is 28.0 Å². The van der Waals surface area contributed by atoms with E-state index in [1.165, 1.54) is 0 Å². The molecular formula is C18H24N4O3. The standard InChI is InChI=1S/C18H24N4O3/c1-12-16(18(23)20-14-11-25-9-8-15(14)24-2)17(19)22(21-12)10-13-6-4-3-5-7-13/h3-7,14-15H,8-11,19H2,1-2H3,(H,20,23)/t14-,15-/m1/s1. The van der Waals surface area contributed by atoms with E-state index >= 15 is 0 Å². The number of aryl methyl sites for hydroxylation is 1. The normalized spacial score (nSPS) is 20.4. The van der Waals surface area contributed by atoms with Gasteiger partial charge in [0.1, 0.15) is 11.4 Å². The Bertz CT molecular complexity index is 729. The molecule has 7 nitrogen and oxygen atoms in total. The van der Waals surface area contributed by atoms with Crippen LogP contribution < -0.4 is 11.1 Å². The number of amides is 1. The van der Waals surface area contributed by atoms with Crippen molar-refractivity contribution in [2.75, 3.05) is 26.1 Å². The first-order valence-corrected chi connectivity index (χ1v) is 8.38. The van der Waals surface area contributed by atoms with Crippen LogP contribution in [-0.2, 0) is 16.0 Å². The number of nitrogens with one attached hydrogen (secondary N) is 1. The number of nitrogen functional groups attached to an aromatic ring is 1. The van der Waals surface area contributed by atoms with Gasteiger partial charge in [-0.1, -0.05) is 30.3 Å². The van der Waals surface area contributed by atoms with Crippen molar-refractivity contribution in [2.45, 2.75) is 32.0 Å². The molecule has 0 bridgehead atoms. The Balaban J connectivity index is 1.76. The molecule has 0 aliphatic carbocycles. The lowest BCUT2D eigenvalue weighted by atomic mass is 10.1. The molecule has 2 aromatic rings. The van der Waals surface area contributed by atoms with Crippen LogP contribution in [0, 0.1) is 6.92 Å². The van der Waals surface area contributed by atoms with Crippen LogP contribution in [0.4, 0.5) is 5.82 Å². The minimum Gasteiger partial charge on any atom is -0.383 e. The first-order valence-electron chi connectivity index (χ1n) is 8.38. The maximum Gasteiger partial charge on any atom is 0.257 e. The lowest BCUT2D eigenvalue weighted by molar-refractivity contribution is -0.0349. The molecule has 1 saturated heterocycles. The Morgan fingerprint density at radius 1 is 1.44 bits per heavy atom. The van der Waals surface area contributed by atoms with Gasteiger partial charge in [-0.15, -0.1) is 0 Å². The van der Waals surface area contributed by atoms with Crippen molar-refractivity contribution in [1.29, 1.82) is 0 Å². The van der Waals surface area contributed by atoms with Crippen molar-refractivity contribution >= 4 is 11.7 Å². The van der Waals surface area contributed by atoms with Gasteiger partial charge < -0.3 is 20.5 Å². The molecule has 25 heavy (non-hydrogen) atoms. The third-order valence-electron chi connectivity index (χ3n) is 4.48. The van der Waals surface area contributed by atoms with E-state index in [1.807, 2.05) is 30.3 Å². The number of aromatic nitrogens is 2. The first kappa shape index (κ1) is 17.4. The van der Waals surface area contributed by atoms with Gasteiger partial charge in [-0.3, -0.25) is 4.79 Å². The number of rotatable bonds is 5. The molecule has 1 aromatic carbocycles. The molecule has 1 amide bonds. The van der Waals surface area contributed by atoms with Crippen molar-refractivity contribution in [3.05, 3.63) is 47.2 Å². The van der Waals surface area contributed by atoms with Gasteiger partial charge >= 0.3 is 0 Å². The first-order chi connectivity index (χ1) is 12.1. The number of methoxy groups -OCH3 is 1. The highest BCUT2D eigenvalue weighted by molar-refractivity contribution is 5.99. The molecule has 3 N–H and O–H groups in total. The topological polar surface area (TPSA) is 91.4 Å². The number of nitrogens with two attached hydrogens (primary N) is 1. The summed E-state index contributed by atoms with van der Waals surface area (Å²) < 4.78 is 12.5. The van der Waals surface area contributed by atoms with E-state index in [0.717, 1.165) is 12.0 Å². The van der Waals surface area contributed by atoms with Crippen molar-refractivity contribution in [2.24, 2.45) is 0 Å². The maximum absolute atomic E-state index is 12.7. The van der Waals surface area contributed by atoms with E-state index < -0.39 is 0 Å². The molecule has 1 aromatic heterocycles. The summed E-state index contributed by atoms with van der Waals surface area (Å²) in [7, 11) is 1.65. The van der Waals surface area contributed by atoms with E-state index in [0.29, 0.717) is 36.8 Å². The predicted molar refractivity (Wildman–Crippen MR) is 94.4 cm³/mol. The number of hydrogen-bond acceptors (Lipinski definition) is 5. The third-order valence-corrected chi connectivity index (χ3v) is 4.48. The summed E-state index contributed by atoms with van der Waals surface area (Å²) in [5.41, 5.74) is 8.30. The fourth-order valence-corrected chi connectivity index (χ4v) is 3.13. The summed E-state index contributed by atoms with van der Waals surface area (Å²) in [6.45, 7) is 3.38. The van der Waals surface area contributed by atoms with Gasteiger partial charge in [0.25, 0.3) is 5.91 Å². The van der Waals surface area contributed by atoms with Crippen LogP contribution in [0.15, 0.2) is 30.3 Å². The summed E-state index contributed by atoms with van der Waals surface area (Å²) in [6.07, 6.45) is 0.696. The second-order valence-corrected chi connectivity index (χ2v) is 6.21. The lowest BCUT2D eigenvalue weighted by Gasteiger charge is -2.31. The van der Waals surface area contributed by atoms with Crippen LogP contribution in [0.25, 0.3) is 0 Å². The van der Waals surface area contributed by atoms with Gasteiger partial charge in [0.05, 0.1) is 31.0 Å². The highest BCUT2D eigenvalue weighted by atomic mass is 16.5. The van der Waals surface area contributed by atoms with E-state index in [9.17, 15) is 4.79 Å². The minimum absolute atomic E-state index is 0.0569. The Morgan fingerprint density at radius 3 is 2.92 bits per heavy atom. The molecular weight excluding hydrogens is 320 g/mol. The molecule has 0 unspecified atom stereocenters. The van der Waals surface area contributed by atoms with Crippen molar-refractivity contribution in [1.82, 2.24) is 15.1 Å². The van der Waals surface area contributed by atoms with Crippen LogP contribution in [0.2, 0.25) is 0 Å². The second kappa shape index (κ2) is 7.67. The highest BCUT2D eigenvalue weighted by Gasteiger charge is 2.29. The molecule has 7 heteroatoms. The Kier molecular flexibility index (Phi) is 5.35. The fourth-order valence-electron chi connectivity index (χ4n) is 3.13. The zero-order valence-corrected chi connectivity index (χ0v) is 14.6. The number of anilines is 1. The molecule has 0 spiro atoms. The lowest BCUT2D eigenvalue weighted by Crippen LogP contribution is -2.50. The summed E-state index contributed by atoms with van der Waals surface area (Å²) in [5, 5.41) is 7.40. The van der Waals surface area contributed by atoms with Crippen molar-refractivity contribution in [3.63, 3.8) is 0 Å². The fraction of sp³-hybridized carbons (Fsp3) is 0.444. The smallest absolute Gasteiger partial charge is 0.257 e. The molecule has 3 rings (SSSR count). The number of carbonyl (C=O) groups excluding carboxylic acids is 1. The monoisotopic (exact) mass is 344 g/mol. The summed E-state index contributed by atoms with van der Waals surface area (Å²) in [5.74, 6) is 0.122. The quantitative estimate of drug-likeness (QED) is 0.854. The predicted octanol–water partition coefficient (Wildman–Crippen LogP) is 1.36. The second-order valence-electron chi connectivity index (χ2n) is 6.21. The highest BCUT2D eigenvalue weighted by Crippen LogP contribution is 2.19. The summed E-state index contributed by atoms with van der Waals surface area (Å²) in [4.78, 5) is 12.7. The average Bonchev–Trinajstić information content (AvgIpc) is 2.90. The molecule has 2 atom stereocenters. The zero-order chi connectivity index (χ0) is 17.8. The molecule has 1 aliphatic heterocycles. The zero-order valence-electron chi connectivity index (χ0n) is 14.6. The molecule has 134 valence electrons. The average molecular weight is 344 g/mol. The number of nitrogens with zero attached hydrogens (tertiary/aromatic N) is 2. The Labute approximate surface area is 147 Å². The van der Waals surface area contributed by atoms with Gasteiger partial charge in [-0.2, -0.15) is 5.10 Å². The summed E-state index contributed by atoms with van der Waals surface area (Å²) in [6, 6.07) is 9.69. The van der Waals surface area contributed by atoms with Crippen molar-refractivity contribution < 1.29 is 14.3 Å². The Hall–Kier alpha value is -2.38. The number of hydrogen-bond donors (Lipinski definition) is 2. The SMILES string of the molecule is CO[C@@H]1CCOC[C@H]1NC(=O)c1c(C)nn(Cc2ccccc2)c1N. The van der Waals surface area contributed by atoms with Crippen LogP contribution >= 0.6 is 0 Å². The molecule has 1 aliphatic rings. The molecule has 2 heterocycles. The van der Waals surface area contributed by atoms with Crippen LogP contribution in [-0.4, -0.2) is 48.2 Å².